The number of aromatic nitrogens is 2. The predicted molar refractivity (Wildman–Crippen MR) is 144 cm³/mol. The molecule has 0 saturated carbocycles. The van der Waals surface area contributed by atoms with E-state index in [0.29, 0.717) is 10.3 Å². The number of carbonyl (C=O) groups is 1. The maximum atomic E-state index is 13.1. The van der Waals surface area contributed by atoms with Crippen LogP contribution in [0.2, 0.25) is 5.15 Å². The lowest BCUT2D eigenvalue weighted by Crippen LogP contribution is -2.49. The van der Waals surface area contributed by atoms with Gasteiger partial charge in [0.15, 0.2) is 5.16 Å². The summed E-state index contributed by atoms with van der Waals surface area (Å²) >= 11 is 7.82. The number of piperazine rings is 1. The molecule has 0 radical (unpaired) electrons. The first-order chi connectivity index (χ1) is 17.1. The first-order valence-corrected chi connectivity index (χ1v) is 13.5. The average molecular weight is 508 g/mol. The Labute approximate surface area is 216 Å². The van der Waals surface area contributed by atoms with Crippen molar-refractivity contribution in [3.05, 3.63) is 76.4 Å². The van der Waals surface area contributed by atoms with Crippen molar-refractivity contribution < 1.29 is 4.79 Å². The molecule has 0 aliphatic carbocycles. The van der Waals surface area contributed by atoms with Crippen LogP contribution in [-0.4, -0.2) is 60.0 Å². The van der Waals surface area contributed by atoms with E-state index in [1.54, 1.807) is 11.8 Å². The molecule has 0 N–H and O–H groups in total. The number of hydrogen-bond acceptors (Lipinski definition) is 6. The molecule has 3 heterocycles. The second-order valence-corrected chi connectivity index (χ2v) is 10.4. The molecule has 1 aromatic heterocycles. The van der Waals surface area contributed by atoms with Gasteiger partial charge in [0.05, 0.1) is 0 Å². The van der Waals surface area contributed by atoms with Gasteiger partial charge in [-0.2, -0.15) is 0 Å². The Morgan fingerprint density at radius 2 is 1.63 bits per heavy atom. The first kappa shape index (κ1) is 23.9. The van der Waals surface area contributed by atoms with E-state index in [4.69, 9.17) is 16.6 Å². The van der Waals surface area contributed by atoms with E-state index in [9.17, 15) is 4.79 Å². The molecule has 0 spiro atoms. The number of hydrogen-bond donors (Lipinski definition) is 0. The number of thioether (sulfide) groups is 1. The summed E-state index contributed by atoms with van der Waals surface area (Å²) in [6.45, 7) is 7.35. The van der Waals surface area contributed by atoms with E-state index in [2.05, 4.69) is 46.0 Å². The fourth-order valence-corrected chi connectivity index (χ4v) is 5.74. The molecule has 182 valence electrons. The lowest BCUT2D eigenvalue weighted by Gasteiger charge is -2.36. The minimum Gasteiger partial charge on any atom is -0.368 e. The van der Waals surface area contributed by atoms with Gasteiger partial charge in [-0.15, -0.1) is 0 Å². The Bertz CT molecular complexity index is 1170. The van der Waals surface area contributed by atoms with E-state index in [1.165, 1.54) is 24.1 Å². The van der Waals surface area contributed by atoms with E-state index in [1.807, 2.05) is 35.2 Å². The summed E-state index contributed by atoms with van der Waals surface area (Å²) in [5.41, 5.74) is 4.40. The van der Waals surface area contributed by atoms with Gasteiger partial charge in [0.2, 0.25) is 0 Å². The van der Waals surface area contributed by atoms with Gasteiger partial charge in [0.1, 0.15) is 11.0 Å². The number of halogens is 1. The van der Waals surface area contributed by atoms with Crippen LogP contribution in [0.4, 0.5) is 11.5 Å². The monoisotopic (exact) mass is 507 g/mol. The highest BCUT2D eigenvalue weighted by molar-refractivity contribution is 7.98. The lowest BCUT2D eigenvalue weighted by molar-refractivity contribution is 0.0747. The van der Waals surface area contributed by atoms with Crippen LogP contribution in [0.5, 0.6) is 0 Å². The van der Waals surface area contributed by atoms with Crippen molar-refractivity contribution in [1.82, 2.24) is 14.9 Å². The Morgan fingerprint density at radius 3 is 2.34 bits per heavy atom. The van der Waals surface area contributed by atoms with Gasteiger partial charge in [-0.05, 0) is 49.1 Å². The molecule has 6 nitrogen and oxygen atoms in total. The van der Waals surface area contributed by atoms with Crippen LogP contribution in [0.1, 0.15) is 34.3 Å². The zero-order valence-electron chi connectivity index (χ0n) is 20.0. The summed E-state index contributed by atoms with van der Waals surface area (Å²) in [5.74, 6) is 1.74. The van der Waals surface area contributed by atoms with E-state index < -0.39 is 0 Å². The third-order valence-electron chi connectivity index (χ3n) is 6.68. The molecular formula is C27H30ClN5OS. The fourth-order valence-electron chi connectivity index (χ4n) is 4.70. The minimum atomic E-state index is 0.0991. The number of nitrogens with zero attached hydrogens (tertiary/aromatic N) is 5. The molecule has 2 aliphatic heterocycles. The highest BCUT2D eigenvalue weighted by Gasteiger charge is 2.23. The highest BCUT2D eigenvalue weighted by Crippen LogP contribution is 2.27. The summed E-state index contributed by atoms with van der Waals surface area (Å²) < 4.78 is 0. The van der Waals surface area contributed by atoms with Crippen LogP contribution in [0.25, 0.3) is 0 Å². The number of anilines is 2. The normalized spacial score (nSPS) is 16.1. The second kappa shape index (κ2) is 10.9. The van der Waals surface area contributed by atoms with Gasteiger partial charge in [0, 0.05) is 62.3 Å². The topological polar surface area (TPSA) is 52.6 Å². The summed E-state index contributed by atoms with van der Waals surface area (Å²) in [4.78, 5) is 28.7. The van der Waals surface area contributed by atoms with Crippen molar-refractivity contribution in [2.24, 2.45) is 0 Å². The van der Waals surface area contributed by atoms with Crippen LogP contribution < -0.4 is 9.80 Å². The van der Waals surface area contributed by atoms with Crippen LogP contribution >= 0.6 is 23.4 Å². The first-order valence-electron chi connectivity index (χ1n) is 12.2. The smallest absolute Gasteiger partial charge is 0.253 e. The number of carbonyl (C=O) groups excluding carboxylic acids is 1. The van der Waals surface area contributed by atoms with Crippen LogP contribution in [-0.2, 0) is 5.75 Å². The third-order valence-corrected chi connectivity index (χ3v) is 7.79. The standard InChI is InChI=1S/C27H30ClN5OS/c1-20-6-2-3-7-23(20)31-14-16-33(17-15-31)26(34)22-10-8-21(9-11-22)19-35-27-29-24(28)18-25(30-27)32-12-4-5-13-32/h2-3,6-11,18H,4-5,12-17,19H2,1H3. The summed E-state index contributed by atoms with van der Waals surface area (Å²) in [7, 11) is 0. The largest absolute Gasteiger partial charge is 0.368 e. The fraction of sp³-hybridized carbons (Fsp3) is 0.370. The molecule has 2 fully saturated rings. The molecule has 2 saturated heterocycles. The molecule has 8 heteroatoms. The van der Waals surface area contributed by atoms with Gasteiger partial charge >= 0.3 is 0 Å². The SMILES string of the molecule is Cc1ccccc1N1CCN(C(=O)c2ccc(CSc3nc(Cl)cc(N4CCCC4)n3)cc2)CC1. The molecule has 2 aromatic carbocycles. The lowest BCUT2D eigenvalue weighted by atomic mass is 10.1. The number of para-hydroxylation sites is 1. The van der Waals surface area contributed by atoms with Crippen molar-refractivity contribution in [2.75, 3.05) is 49.1 Å². The molecular weight excluding hydrogens is 478 g/mol. The van der Waals surface area contributed by atoms with Crippen LogP contribution in [0, 0.1) is 6.92 Å². The van der Waals surface area contributed by atoms with Crippen molar-refractivity contribution in [3.63, 3.8) is 0 Å². The summed E-state index contributed by atoms with van der Waals surface area (Å²) in [6.07, 6.45) is 2.38. The predicted octanol–water partition coefficient (Wildman–Crippen LogP) is 5.29. The van der Waals surface area contributed by atoms with Gasteiger partial charge in [0.25, 0.3) is 5.91 Å². The van der Waals surface area contributed by atoms with Gasteiger partial charge in [-0.25, -0.2) is 9.97 Å². The summed E-state index contributed by atoms with van der Waals surface area (Å²) in [5, 5.41) is 1.17. The van der Waals surface area contributed by atoms with Crippen molar-refractivity contribution in [1.29, 1.82) is 0 Å². The molecule has 3 aromatic rings. The quantitative estimate of drug-likeness (QED) is 0.256. The molecule has 2 aliphatic rings. The van der Waals surface area contributed by atoms with Crippen LogP contribution in [0.15, 0.2) is 59.8 Å². The Morgan fingerprint density at radius 1 is 0.914 bits per heavy atom. The van der Waals surface area contributed by atoms with E-state index in [-0.39, 0.29) is 5.91 Å². The summed E-state index contributed by atoms with van der Waals surface area (Å²) in [6, 6.07) is 18.2. The molecule has 1 amide bonds. The van der Waals surface area contributed by atoms with Gasteiger partial charge < -0.3 is 14.7 Å². The maximum absolute atomic E-state index is 13.1. The van der Waals surface area contributed by atoms with Gasteiger partial charge in [-0.1, -0.05) is 53.7 Å². The number of benzene rings is 2. The van der Waals surface area contributed by atoms with E-state index in [0.717, 1.165) is 62.0 Å². The van der Waals surface area contributed by atoms with Gasteiger partial charge in [-0.3, -0.25) is 4.79 Å². The number of amides is 1. The Hall–Kier alpha value is -2.77. The molecule has 5 rings (SSSR count). The average Bonchev–Trinajstić information content (AvgIpc) is 3.43. The third kappa shape index (κ3) is 5.73. The zero-order valence-corrected chi connectivity index (χ0v) is 21.6. The van der Waals surface area contributed by atoms with E-state index >= 15 is 0 Å². The molecule has 0 bridgehead atoms. The van der Waals surface area contributed by atoms with Crippen molar-refractivity contribution in [2.45, 2.75) is 30.7 Å². The Kier molecular flexibility index (Phi) is 7.44. The Balaban J connectivity index is 1.16. The maximum Gasteiger partial charge on any atom is 0.253 e. The number of rotatable bonds is 6. The molecule has 35 heavy (non-hydrogen) atoms. The zero-order chi connectivity index (χ0) is 24.2. The van der Waals surface area contributed by atoms with Crippen LogP contribution in [0.3, 0.4) is 0 Å². The van der Waals surface area contributed by atoms with Crippen molar-refractivity contribution >= 4 is 40.8 Å². The second-order valence-electron chi connectivity index (χ2n) is 9.08. The number of aryl methyl sites for hydroxylation is 1. The minimum absolute atomic E-state index is 0.0991. The van der Waals surface area contributed by atoms with Crippen molar-refractivity contribution in [3.8, 4) is 0 Å². The highest BCUT2D eigenvalue weighted by atomic mass is 35.5. The molecule has 0 unspecified atom stereocenters. The molecule has 0 atom stereocenters.